The van der Waals surface area contributed by atoms with Crippen molar-refractivity contribution in [3.8, 4) is 0 Å². The summed E-state index contributed by atoms with van der Waals surface area (Å²) < 4.78 is 0. The summed E-state index contributed by atoms with van der Waals surface area (Å²) in [6.45, 7) is 0. The lowest BCUT2D eigenvalue weighted by molar-refractivity contribution is -0.126. The van der Waals surface area contributed by atoms with Gasteiger partial charge in [0, 0.05) is 5.57 Å². The van der Waals surface area contributed by atoms with Crippen LogP contribution in [0.2, 0.25) is 0 Å². The highest BCUT2D eigenvalue weighted by molar-refractivity contribution is 6.00. The predicted molar refractivity (Wildman–Crippen MR) is 61.8 cm³/mol. The lowest BCUT2D eigenvalue weighted by Gasteiger charge is -2.35. The van der Waals surface area contributed by atoms with Crippen molar-refractivity contribution in [2.45, 2.75) is 31.8 Å². The van der Waals surface area contributed by atoms with Crippen LogP contribution in [0.5, 0.6) is 0 Å². The molecule has 3 aliphatic rings. The van der Waals surface area contributed by atoms with Crippen LogP contribution in [0, 0.1) is 11.8 Å². The van der Waals surface area contributed by atoms with Crippen LogP contribution in [0.4, 0.5) is 0 Å². The summed E-state index contributed by atoms with van der Waals surface area (Å²) in [6, 6.07) is 0. The van der Waals surface area contributed by atoms with Gasteiger partial charge in [-0.3, -0.25) is 4.79 Å². The Morgan fingerprint density at radius 1 is 1.25 bits per heavy atom. The molecule has 1 fully saturated rings. The quantitative estimate of drug-likeness (QED) is 0.673. The molecule has 0 radical (unpaired) electrons. The first kappa shape index (κ1) is 10.0. The van der Waals surface area contributed by atoms with Crippen LogP contribution in [-0.4, -0.2) is 17.0 Å². The maximum Gasteiger partial charge on any atom is 0.187 e. The maximum absolute atomic E-state index is 11.9. The summed E-state index contributed by atoms with van der Waals surface area (Å²) >= 11 is 0. The number of hydrogen-bond acceptors (Lipinski definition) is 2. The highest BCUT2D eigenvalue weighted by Gasteiger charge is 2.36. The third-order valence-corrected chi connectivity index (χ3v) is 4.02. The molecule has 0 spiro atoms. The molecule has 3 unspecified atom stereocenters. The number of fused-ring (bicyclic) bond motifs is 2. The smallest absolute Gasteiger partial charge is 0.187 e. The van der Waals surface area contributed by atoms with Crippen molar-refractivity contribution >= 4 is 5.78 Å². The van der Waals surface area contributed by atoms with Crippen LogP contribution < -0.4 is 0 Å². The number of ketones is 1. The molecule has 2 heteroatoms. The van der Waals surface area contributed by atoms with E-state index in [4.69, 9.17) is 0 Å². The Balaban J connectivity index is 1.98. The van der Waals surface area contributed by atoms with Crippen LogP contribution in [0.3, 0.4) is 0 Å². The average molecular weight is 216 g/mol. The Morgan fingerprint density at radius 2 is 2.12 bits per heavy atom. The number of allylic oxidation sites excluding steroid dienone is 5. The van der Waals surface area contributed by atoms with Crippen molar-refractivity contribution in [3.05, 3.63) is 35.5 Å². The summed E-state index contributed by atoms with van der Waals surface area (Å²) in [5, 5.41) is 9.59. The van der Waals surface area contributed by atoms with Gasteiger partial charge in [-0.2, -0.15) is 0 Å². The van der Waals surface area contributed by atoms with Crippen LogP contribution in [0.25, 0.3) is 0 Å². The second-order valence-corrected chi connectivity index (χ2v) is 5.02. The number of hydrogen-bond donors (Lipinski definition) is 1. The van der Waals surface area contributed by atoms with Crippen molar-refractivity contribution in [1.29, 1.82) is 0 Å². The van der Waals surface area contributed by atoms with Gasteiger partial charge in [-0.15, -0.1) is 0 Å². The highest BCUT2D eigenvalue weighted by Crippen LogP contribution is 2.41. The van der Waals surface area contributed by atoms with E-state index in [1.165, 1.54) is 5.57 Å². The highest BCUT2D eigenvalue weighted by atomic mass is 16.3. The van der Waals surface area contributed by atoms with E-state index in [1.54, 1.807) is 0 Å². The Hall–Kier alpha value is -1.15. The molecule has 0 aromatic carbocycles. The molecule has 0 saturated heterocycles. The van der Waals surface area contributed by atoms with Crippen LogP contribution in [0.1, 0.15) is 25.7 Å². The second-order valence-electron chi connectivity index (χ2n) is 5.02. The van der Waals surface area contributed by atoms with Crippen LogP contribution >= 0.6 is 0 Å². The fourth-order valence-electron chi connectivity index (χ4n) is 3.09. The van der Waals surface area contributed by atoms with E-state index in [1.807, 2.05) is 6.08 Å². The summed E-state index contributed by atoms with van der Waals surface area (Å²) in [7, 11) is 0. The first-order chi connectivity index (χ1) is 7.75. The first-order valence-electron chi connectivity index (χ1n) is 6.06. The number of carbonyl (C=O) groups is 1. The van der Waals surface area contributed by atoms with Crippen molar-refractivity contribution in [1.82, 2.24) is 0 Å². The van der Waals surface area contributed by atoms with Crippen molar-refractivity contribution in [3.63, 3.8) is 0 Å². The SMILES string of the molecule is O=C1C2=CC3=CC=CCC3CC2CCC1O. The van der Waals surface area contributed by atoms with Crippen molar-refractivity contribution in [2.24, 2.45) is 11.8 Å². The van der Waals surface area contributed by atoms with Crippen molar-refractivity contribution in [2.75, 3.05) is 0 Å². The minimum atomic E-state index is -0.751. The van der Waals surface area contributed by atoms with E-state index in [9.17, 15) is 9.90 Å². The van der Waals surface area contributed by atoms with Gasteiger partial charge in [-0.1, -0.05) is 24.3 Å². The zero-order valence-corrected chi connectivity index (χ0v) is 9.23. The Kier molecular flexibility index (Phi) is 2.32. The number of aliphatic hydroxyl groups excluding tert-OH is 1. The van der Waals surface area contributed by atoms with Gasteiger partial charge in [0.15, 0.2) is 5.78 Å². The normalized spacial score (nSPS) is 37.3. The lowest BCUT2D eigenvalue weighted by atomic mass is 9.69. The number of carbonyl (C=O) groups excluding carboxylic acids is 1. The number of aliphatic hydroxyl groups is 1. The van der Waals surface area contributed by atoms with E-state index in [0.29, 0.717) is 18.3 Å². The van der Waals surface area contributed by atoms with Crippen LogP contribution in [-0.2, 0) is 4.79 Å². The summed E-state index contributed by atoms with van der Waals surface area (Å²) in [5.74, 6) is 0.955. The predicted octanol–water partition coefficient (Wildman–Crippen LogP) is 2.16. The Bertz CT molecular complexity index is 414. The molecule has 16 heavy (non-hydrogen) atoms. The zero-order chi connectivity index (χ0) is 11.1. The molecule has 0 aliphatic heterocycles. The molecule has 3 rings (SSSR count). The molecular weight excluding hydrogens is 200 g/mol. The van der Waals surface area contributed by atoms with Crippen molar-refractivity contribution < 1.29 is 9.90 Å². The second kappa shape index (κ2) is 3.70. The Labute approximate surface area is 95.4 Å². The van der Waals surface area contributed by atoms with E-state index in [-0.39, 0.29) is 5.78 Å². The van der Waals surface area contributed by atoms with E-state index >= 15 is 0 Å². The first-order valence-corrected chi connectivity index (χ1v) is 6.06. The van der Waals surface area contributed by atoms with E-state index < -0.39 is 6.10 Å². The third kappa shape index (κ3) is 1.49. The molecule has 3 atom stereocenters. The summed E-state index contributed by atoms with van der Waals surface area (Å²) in [6.07, 6.45) is 11.4. The molecule has 0 aromatic heterocycles. The van der Waals surface area contributed by atoms with Gasteiger partial charge in [0.2, 0.25) is 0 Å². The van der Waals surface area contributed by atoms with E-state index in [0.717, 1.165) is 24.8 Å². The molecule has 0 bridgehead atoms. The summed E-state index contributed by atoms with van der Waals surface area (Å²) in [4.78, 5) is 11.9. The third-order valence-electron chi connectivity index (χ3n) is 4.02. The number of Topliss-reactive ketones (excluding diaryl/α,β-unsaturated/α-hetero) is 1. The molecule has 84 valence electrons. The zero-order valence-electron chi connectivity index (χ0n) is 9.23. The Morgan fingerprint density at radius 3 is 3.00 bits per heavy atom. The standard InChI is InChI=1S/C14H16O2/c15-13-6-5-11-7-9-3-1-2-4-10(9)8-12(11)14(13)16/h1-2,4,8-9,11,13,15H,3,5-7H2. The monoisotopic (exact) mass is 216 g/mol. The van der Waals surface area contributed by atoms with Gasteiger partial charge in [-0.05, 0) is 43.1 Å². The lowest BCUT2D eigenvalue weighted by Crippen LogP contribution is -2.35. The molecular formula is C14H16O2. The average Bonchev–Trinajstić information content (AvgIpc) is 2.32. The van der Waals surface area contributed by atoms with Crippen LogP contribution in [0.15, 0.2) is 35.5 Å². The number of rotatable bonds is 0. The molecule has 0 aromatic rings. The fourth-order valence-corrected chi connectivity index (χ4v) is 3.09. The topological polar surface area (TPSA) is 37.3 Å². The van der Waals surface area contributed by atoms with Gasteiger partial charge >= 0.3 is 0 Å². The molecule has 0 heterocycles. The molecule has 1 N–H and O–H groups in total. The van der Waals surface area contributed by atoms with Gasteiger partial charge < -0.3 is 5.11 Å². The van der Waals surface area contributed by atoms with E-state index in [2.05, 4.69) is 18.2 Å². The molecule has 3 aliphatic carbocycles. The molecule has 0 amide bonds. The van der Waals surface area contributed by atoms with Gasteiger partial charge in [0.25, 0.3) is 0 Å². The molecule has 2 nitrogen and oxygen atoms in total. The minimum absolute atomic E-state index is 0.0369. The van der Waals surface area contributed by atoms with Gasteiger partial charge in [0.1, 0.15) is 6.10 Å². The molecule has 1 saturated carbocycles. The van der Waals surface area contributed by atoms with Gasteiger partial charge in [0.05, 0.1) is 0 Å². The summed E-state index contributed by atoms with van der Waals surface area (Å²) in [5.41, 5.74) is 2.15. The van der Waals surface area contributed by atoms with Gasteiger partial charge in [-0.25, -0.2) is 0 Å². The minimum Gasteiger partial charge on any atom is -0.385 e. The fraction of sp³-hybridized carbons (Fsp3) is 0.500. The maximum atomic E-state index is 11.9. The largest absolute Gasteiger partial charge is 0.385 e.